The topological polar surface area (TPSA) is 46.3 Å². The zero-order valence-corrected chi connectivity index (χ0v) is 10.2. The summed E-state index contributed by atoms with van der Waals surface area (Å²) in [5.41, 5.74) is 1.86. The highest BCUT2D eigenvalue weighted by Gasteiger charge is 2.10. The third-order valence-electron chi connectivity index (χ3n) is 2.89. The van der Waals surface area contributed by atoms with Crippen LogP contribution in [0.4, 0.5) is 0 Å². The molecule has 2 aromatic rings. The summed E-state index contributed by atoms with van der Waals surface area (Å²) in [5, 5.41) is 9.99. The van der Waals surface area contributed by atoms with Gasteiger partial charge in [0.05, 0.1) is 11.8 Å². The molecule has 1 aromatic carbocycles. The first kappa shape index (κ1) is 11.9. The zero-order chi connectivity index (χ0) is 12.3. The fourth-order valence-corrected chi connectivity index (χ4v) is 1.75. The number of aryl methyl sites for hydroxylation is 3. The number of oxazole rings is 1. The van der Waals surface area contributed by atoms with Crippen LogP contribution >= 0.6 is 0 Å². The highest BCUT2D eigenvalue weighted by atomic mass is 16.4. The van der Waals surface area contributed by atoms with Crippen LogP contribution in [0.3, 0.4) is 0 Å². The number of aromatic nitrogens is 1. The van der Waals surface area contributed by atoms with Gasteiger partial charge in [0, 0.05) is 6.42 Å². The normalized spacial score (nSPS) is 12.6. The molecule has 1 atom stereocenters. The minimum Gasteiger partial charge on any atom is -0.446 e. The van der Waals surface area contributed by atoms with Crippen molar-refractivity contribution in [2.24, 2.45) is 0 Å². The third-order valence-corrected chi connectivity index (χ3v) is 2.89. The summed E-state index contributed by atoms with van der Waals surface area (Å²) in [6.07, 6.45) is 0.831. The largest absolute Gasteiger partial charge is 0.446 e. The highest BCUT2D eigenvalue weighted by molar-refractivity contribution is 5.17. The lowest BCUT2D eigenvalue weighted by atomic mass is 10.1. The van der Waals surface area contributed by atoms with Crippen LogP contribution in [-0.2, 0) is 6.42 Å². The minimum absolute atomic E-state index is 0.455. The lowest BCUT2D eigenvalue weighted by Gasteiger charge is -2.08. The van der Waals surface area contributed by atoms with Gasteiger partial charge in [0.1, 0.15) is 5.76 Å². The van der Waals surface area contributed by atoms with Crippen molar-refractivity contribution in [1.82, 2.24) is 4.98 Å². The molecule has 0 radical (unpaired) electrons. The predicted octanol–water partition coefficient (Wildman–Crippen LogP) is 2.96. The Morgan fingerprint density at radius 2 is 1.94 bits per heavy atom. The second-order valence-electron chi connectivity index (χ2n) is 4.21. The maximum Gasteiger partial charge on any atom is 0.194 e. The van der Waals surface area contributed by atoms with Gasteiger partial charge in [-0.15, -0.1) is 0 Å². The average Bonchev–Trinajstić information content (AvgIpc) is 2.67. The Hall–Kier alpha value is -1.61. The summed E-state index contributed by atoms with van der Waals surface area (Å²) in [7, 11) is 0. The number of hydrogen-bond donors (Lipinski definition) is 1. The van der Waals surface area contributed by atoms with E-state index in [9.17, 15) is 5.11 Å². The van der Waals surface area contributed by atoms with Crippen molar-refractivity contribution in [2.75, 3.05) is 0 Å². The van der Waals surface area contributed by atoms with E-state index in [1.807, 2.05) is 44.2 Å². The Labute approximate surface area is 101 Å². The molecular formula is C14H17NO2. The van der Waals surface area contributed by atoms with Crippen LogP contribution in [0, 0.1) is 13.8 Å². The summed E-state index contributed by atoms with van der Waals surface area (Å²) in [5.74, 6) is 1.56. The van der Waals surface area contributed by atoms with E-state index in [-0.39, 0.29) is 0 Å². The van der Waals surface area contributed by atoms with E-state index in [1.54, 1.807) is 0 Å². The first-order valence-corrected chi connectivity index (χ1v) is 5.82. The Morgan fingerprint density at radius 3 is 2.53 bits per heavy atom. The highest BCUT2D eigenvalue weighted by Crippen LogP contribution is 2.19. The molecule has 0 aliphatic carbocycles. The van der Waals surface area contributed by atoms with Gasteiger partial charge in [-0.3, -0.25) is 0 Å². The van der Waals surface area contributed by atoms with Gasteiger partial charge < -0.3 is 9.52 Å². The van der Waals surface area contributed by atoms with Crippen molar-refractivity contribution >= 4 is 0 Å². The van der Waals surface area contributed by atoms with Crippen LogP contribution in [0.25, 0.3) is 0 Å². The van der Waals surface area contributed by atoms with E-state index in [0.717, 1.165) is 17.0 Å². The Balaban J connectivity index is 1.94. The van der Waals surface area contributed by atoms with E-state index in [1.165, 1.54) is 0 Å². The van der Waals surface area contributed by atoms with Crippen LogP contribution in [0.15, 0.2) is 34.7 Å². The Morgan fingerprint density at radius 1 is 1.24 bits per heavy atom. The molecule has 0 saturated heterocycles. The van der Waals surface area contributed by atoms with Gasteiger partial charge in [0.2, 0.25) is 0 Å². The molecule has 1 unspecified atom stereocenters. The van der Waals surface area contributed by atoms with Crippen LogP contribution in [0.5, 0.6) is 0 Å². The van der Waals surface area contributed by atoms with Gasteiger partial charge in [-0.25, -0.2) is 4.98 Å². The third kappa shape index (κ3) is 2.94. The van der Waals surface area contributed by atoms with Gasteiger partial charge in [-0.2, -0.15) is 0 Å². The molecule has 0 aliphatic rings. The lowest BCUT2D eigenvalue weighted by molar-refractivity contribution is 0.164. The Bertz CT molecular complexity index is 457. The summed E-state index contributed by atoms with van der Waals surface area (Å²) >= 11 is 0. The molecule has 1 heterocycles. The van der Waals surface area contributed by atoms with E-state index in [4.69, 9.17) is 4.42 Å². The van der Waals surface area contributed by atoms with E-state index < -0.39 is 6.10 Å². The molecule has 0 fully saturated rings. The minimum atomic E-state index is -0.455. The maximum absolute atomic E-state index is 9.99. The van der Waals surface area contributed by atoms with E-state index in [2.05, 4.69) is 4.98 Å². The first-order valence-electron chi connectivity index (χ1n) is 5.82. The summed E-state index contributed by atoms with van der Waals surface area (Å²) < 4.78 is 5.48. The van der Waals surface area contributed by atoms with Gasteiger partial charge in [0.25, 0.3) is 0 Å². The molecular weight excluding hydrogens is 214 g/mol. The Kier molecular flexibility index (Phi) is 3.59. The number of benzene rings is 1. The molecule has 2 rings (SSSR count). The van der Waals surface area contributed by atoms with E-state index >= 15 is 0 Å². The van der Waals surface area contributed by atoms with Gasteiger partial charge in [-0.05, 0) is 25.8 Å². The molecule has 0 amide bonds. The van der Waals surface area contributed by atoms with Crippen LogP contribution in [0.1, 0.15) is 35.4 Å². The van der Waals surface area contributed by atoms with Gasteiger partial charge in [-0.1, -0.05) is 30.3 Å². The fourth-order valence-electron chi connectivity index (χ4n) is 1.75. The number of hydrogen-bond acceptors (Lipinski definition) is 3. The average molecular weight is 231 g/mol. The molecule has 0 spiro atoms. The van der Waals surface area contributed by atoms with Crippen LogP contribution in [-0.4, -0.2) is 10.1 Å². The van der Waals surface area contributed by atoms with Crippen LogP contribution < -0.4 is 0 Å². The molecule has 90 valence electrons. The van der Waals surface area contributed by atoms with Crippen molar-refractivity contribution in [1.29, 1.82) is 0 Å². The van der Waals surface area contributed by atoms with Crippen LogP contribution in [0.2, 0.25) is 0 Å². The number of rotatable bonds is 4. The van der Waals surface area contributed by atoms with Crippen molar-refractivity contribution < 1.29 is 9.52 Å². The summed E-state index contributed by atoms with van der Waals surface area (Å²) in [6, 6.07) is 9.65. The SMILES string of the molecule is Cc1nc(CCC(O)c2ccccc2)oc1C. The molecule has 17 heavy (non-hydrogen) atoms. The molecule has 3 heteroatoms. The summed E-state index contributed by atoms with van der Waals surface area (Å²) in [4.78, 5) is 4.30. The summed E-state index contributed by atoms with van der Waals surface area (Å²) in [6.45, 7) is 3.83. The van der Waals surface area contributed by atoms with Gasteiger partial charge >= 0.3 is 0 Å². The van der Waals surface area contributed by atoms with E-state index in [0.29, 0.717) is 18.7 Å². The number of aliphatic hydroxyl groups is 1. The van der Waals surface area contributed by atoms with Gasteiger partial charge in [0.15, 0.2) is 5.89 Å². The lowest BCUT2D eigenvalue weighted by Crippen LogP contribution is -1.99. The second kappa shape index (κ2) is 5.15. The standard InChI is InChI=1S/C14H17NO2/c1-10-11(2)17-14(15-10)9-8-13(16)12-6-4-3-5-7-12/h3-7,13,16H,8-9H2,1-2H3. The molecule has 3 nitrogen and oxygen atoms in total. The molecule has 0 saturated carbocycles. The number of aliphatic hydroxyl groups excluding tert-OH is 1. The van der Waals surface area contributed by atoms with Crippen molar-refractivity contribution in [2.45, 2.75) is 32.8 Å². The van der Waals surface area contributed by atoms with Crippen molar-refractivity contribution in [3.05, 3.63) is 53.2 Å². The molecule has 1 aromatic heterocycles. The van der Waals surface area contributed by atoms with Crippen molar-refractivity contribution in [3.8, 4) is 0 Å². The zero-order valence-electron chi connectivity index (χ0n) is 10.2. The predicted molar refractivity (Wildman–Crippen MR) is 65.7 cm³/mol. The maximum atomic E-state index is 9.99. The monoisotopic (exact) mass is 231 g/mol. The number of nitrogens with zero attached hydrogens (tertiary/aromatic N) is 1. The second-order valence-corrected chi connectivity index (χ2v) is 4.21. The molecule has 0 aliphatic heterocycles. The molecule has 0 bridgehead atoms. The molecule has 1 N–H and O–H groups in total. The van der Waals surface area contributed by atoms with Crippen molar-refractivity contribution in [3.63, 3.8) is 0 Å². The first-order chi connectivity index (χ1) is 8.16. The smallest absolute Gasteiger partial charge is 0.194 e. The quantitative estimate of drug-likeness (QED) is 0.880. The fraction of sp³-hybridized carbons (Fsp3) is 0.357.